The van der Waals surface area contributed by atoms with Crippen molar-refractivity contribution in [2.45, 2.75) is 13.3 Å². The Kier molecular flexibility index (Phi) is 3.19. The lowest BCUT2D eigenvalue weighted by Crippen LogP contribution is -2.00. The van der Waals surface area contributed by atoms with Gasteiger partial charge in [-0.1, -0.05) is 6.07 Å². The molecule has 0 aliphatic carbocycles. The maximum absolute atomic E-state index is 13.7. The highest BCUT2D eigenvalue weighted by Crippen LogP contribution is 2.27. The van der Waals surface area contributed by atoms with Crippen LogP contribution in [0.25, 0.3) is 10.6 Å². The molecule has 0 unspecified atom stereocenters. The fourth-order valence-corrected chi connectivity index (χ4v) is 2.31. The quantitative estimate of drug-likeness (QED) is 0.912. The van der Waals surface area contributed by atoms with Crippen LogP contribution in [0.15, 0.2) is 23.6 Å². The molecule has 88 valence electrons. The Balaban J connectivity index is 2.33. The van der Waals surface area contributed by atoms with Crippen LogP contribution in [0.2, 0.25) is 0 Å². The monoisotopic (exact) mass is 251 g/mol. The third-order valence-corrected chi connectivity index (χ3v) is 3.16. The topological polar surface area (TPSA) is 50.2 Å². The van der Waals surface area contributed by atoms with Gasteiger partial charge in [0, 0.05) is 10.9 Å². The zero-order chi connectivity index (χ0) is 12.4. The minimum atomic E-state index is -0.939. The van der Waals surface area contributed by atoms with Gasteiger partial charge in [-0.15, -0.1) is 11.3 Å². The Hall–Kier alpha value is -1.75. The lowest BCUT2D eigenvalue weighted by atomic mass is 10.1. The van der Waals surface area contributed by atoms with Gasteiger partial charge in [-0.2, -0.15) is 0 Å². The normalized spacial score (nSPS) is 10.5. The molecule has 1 N–H and O–H groups in total. The molecule has 2 rings (SSSR count). The van der Waals surface area contributed by atoms with E-state index in [4.69, 9.17) is 5.11 Å². The van der Waals surface area contributed by atoms with Crippen LogP contribution in [-0.4, -0.2) is 16.1 Å². The van der Waals surface area contributed by atoms with Crippen LogP contribution in [0.5, 0.6) is 0 Å². The summed E-state index contributed by atoms with van der Waals surface area (Å²) in [5.74, 6) is -1.27. The molecule has 0 bridgehead atoms. The van der Waals surface area contributed by atoms with Crippen LogP contribution >= 0.6 is 11.3 Å². The van der Waals surface area contributed by atoms with Crippen molar-refractivity contribution < 1.29 is 14.3 Å². The number of halogens is 1. The van der Waals surface area contributed by atoms with Gasteiger partial charge in [0.2, 0.25) is 0 Å². The first-order chi connectivity index (χ1) is 8.06. The molecule has 0 saturated carbocycles. The number of aryl methyl sites for hydroxylation is 1. The van der Waals surface area contributed by atoms with E-state index >= 15 is 0 Å². The minimum Gasteiger partial charge on any atom is -0.481 e. The fraction of sp³-hybridized carbons (Fsp3) is 0.167. The Morgan fingerprint density at radius 3 is 2.94 bits per heavy atom. The Labute approximate surface area is 102 Å². The third-order valence-electron chi connectivity index (χ3n) is 2.24. The lowest BCUT2D eigenvalue weighted by molar-refractivity contribution is -0.136. The first-order valence-corrected chi connectivity index (χ1v) is 5.87. The van der Waals surface area contributed by atoms with E-state index in [2.05, 4.69) is 4.98 Å². The molecule has 17 heavy (non-hydrogen) atoms. The fourth-order valence-electron chi connectivity index (χ4n) is 1.46. The van der Waals surface area contributed by atoms with Crippen LogP contribution in [0.1, 0.15) is 11.3 Å². The summed E-state index contributed by atoms with van der Waals surface area (Å²) in [5, 5.41) is 10.8. The van der Waals surface area contributed by atoms with Gasteiger partial charge in [0.15, 0.2) is 0 Å². The van der Waals surface area contributed by atoms with Crippen molar-refractivity contribution in [2.24, 2.45) is 0 Å². The number of thiazole rings is 1. The van der Waals surface area contributed by atoms with Crippen LogP contribution in [0.4, 0.5) is 4.39 Å². The number of carboxylic acids is 1. The zero-order valence-corrected chi connectivity index (χ0v) is 9.92. The van der Waals surface area contributed by atoms with Crippen molar-refractivity contribution in [3.8, 4) is 10.6 Å². The summed E-state index contributed by atoms with van der Waals surface area (Å²) in [4.78, 5) is 14.6. The molecule has 0 aliphatic rings. The summed E-state index contributed by atoms with van der Waals surface area (Å²) in [6, 6.07) is 4.90. The van der Waals surface area contributed by atoms with E-state index in [1.54, 1.807) is 17.5 Å². The van der Waals surface area contributed by atoms with Crippen molar-refractivity contribution in [3.63, 3.8) is 0 Å². The summed E-state index contributed by atoms with van der Waals surface area (Å²) in [5.41, 5.74) is 1.71. The van der Waals surface area contributed by atoms with Gasteiger partial charge in [-0.25, -0.2) is 9.37 Å². The molecule has 0 amide bonds. The van der Waals surface area contributed by atoms with Gasteiger partial charge in [0.1, 0.15) is 10.8 Å². The molecule has 0 spiro atoms. The number of carboxylic acid groups (broad SMARTS) is 1. The molecule has 0 aliphatic heterocycles. The van der Waals surface area contributed by atoms with Gasteiger partial charge in [-0.3, -0.25) is 4.79 Å². The molecule has 3 nitrogen and oxygen atoms in total. The average molecular weight is 251 g/mol. The van der Waals surface area contributed by atoms with E-state index < -0.39 is 5.97 Å². The third kappa shape index (κ3) is 2.68. The van der Waals surface area contributed by atoms with Crippen molar-refractivity contribution in [1.29, 1.82) is 0 Å². The second-order valence-corrected chi connectivity index (χ2v) is 4.56. The molecule has 1 aromatic carbocycles. The van der Waals surface area contributed by atoms with Crippen molar-refractivity contribution in [3.05, 3.63) is 40.7 Å². The van der Waals surface area contributed by atoms with Crippen LogP contribution < -0.4 is 0 Å². The number of hydrogen-bond acceptors (Lipinski definition) is 3. The zero-order valence-electron chi connectivity index (χ0n) is 9.11. The van der Waals surface area contributed by atoms with E-state index in [-0.39, 0.29) is 12.2 Å². The molecule has 0 fully saturated rings. The molecule has 1 heterocycles. The van der Waals surface area contributed by atoms with Crippen molar-refractivity contribution in [1.82, 2.24) is 4.98 Å². The molecular weight excluding hydrogens is 241 g/mol. The van der Waals surface area contributed by atoms with E-state index in [9.17, 15) is 9.18 Å². The highest BCUT2D eigenvalue weighted by atomic mass is 32.1. The van der Waals surface area contributed by atoms with Gasteiger partial charge in [0.25, 0.3) is 0 Å². The number of rotatable bonds is 3. The molecular formula is C12H10FNO2S. The van der Waals surface area contributed by atoms with Crippen LogP contribution in [0.3, 0.4) is 0 Å². The van der Waals surface area contributed by atoms with E-state index in [1.807, 2.05) is 6.92 Å². The first-order valence-electron chi connectivity index (χ1n) is 4.99. The minimum absolute atomic E-state index is 0.135. The molecule has 0 saturated heterocycles. The molecule has 5 heteroatoms. The van der Waals surface area contributed by atoms with Crippen LogP contribution in [0, 0.1) is 12.7 Å². The number of hydrogen-bond donors (Lipinski definition) is 1. The van der Waals surface area contributed by atoms with Gasteiger partial charge in [0.05, 0.1) is 12.1 Å². The van der Waals surface area contributed by atoms with Crippen molar-refractivity contribution in [2.75, 3.05) is 0 Å². The van der Waals surface area contributed by atoms with Crippen LogP contribution in [-0.2, 0) is 11.2 Å². The number of benzene rings is 1. The second kappa shape index (κ2) is 4.63. The summed E-state index contributed by atoms with van der Waals surface area (Å²) in [6.07, 6.45) is -0.135. The molecule has 1 aromatic heterocycles. The van der Waals surface area contributed by atoms with Gasteiger partial charge < -0.3 is 5.11 Å². The largest absolute Gasteiger partial charge is 0.481 e. The SMILES string of the molecule is Cc1ccc(-c2nc(CC(=O)O)cs2)c(F)c1. The summed E-state index contributed by atoms with van der Waals surface area (Å²) >= 11 is 1.25. The summed E-state index contributed by atoms with van der Waals surface area (Å²) in [6.45, 7) is 1.81. The number of carbonyl (C=O) groups is 1. The number of nitrogens with zero attached hydrogens (tertiary/aromatic N) is 1. The van der Waals surface area contributed by atoms with Gasteiger partial charge in [-0.05, 0) is 24.6 Å². The molecule has 0 atom stereocenters. The number of aromatic nitrogens is 1. The second-order valence-electron chi connectivity index (χ2n) is 3.70. The predicted octanol–water partition coefficient (Wildman–Crippen LogP) is 2.88. The summed E-state index contributed by atoms with van der Waals surface area (Å²) < 4.78 is 13.7. The summed E-state index contributed by atoms with van der Waals surface area (Å²) in [7, 11) is 0. The standard InChI is InChI=1S/C12H10FNO2S/c1-7-2-3-9(10(13)4-7)12-14-8(6-17-12)5-11(15)16/h2-4,6H,5H2,1H3,(H,15,16). The highest BCUT2D eigenvalue weighted by molar-refractivity contribution is 7.13. The Morgan fingerprint density at radius 2 is 2.29 bits per heavy atom. The Bertz CT molecular complexity index is 565. The van der Waals surface area contributed by atoms with Crippen molar-refractivity contribution >= 4 is 17.3 Å². The average Bonchev–Trinajstić information content (AvgIpc) is 2.65. The maximum Gasteiger partial charge on any atom is 0.309 e. The Morgan fingerprint density at radius 1 is 1.53 bits per heavy atom. The maximum atomic E-state index is 13.7. The molecule has 0 radical (unpaired) electrons. The first kappa shape index (κ1) is 11.7. The lowest BCUT2D eigenvalue weighted by Gasteiger charge is -1.99. The highest BCUT2D eigenvalue weighted by Gasteiger charge is 2.11. The van der Waals surface area contributed by atoms with Gasteiger partial charge >= 0.3 is 5.97 Å². The van der Waals surface area contributed by atoms with E-state index in [0.29, 0.717) is 16.3 Å². The van der Waals surface area contributed by atoms with E-state index in [0.717, 1.165) is 5.56 Å². The predicted molar refractivity (Wildman–Crippen MR) is 63.6 cm³/mol. The molecule has 2 aromatic rings. The number of aliphatic carboxylic acids is 1. The smallest absolute Gasteiger partial charge is 0.309 e. The van der Waals surface area contributed by atoms with E-state index in [1.165, 1.54) is 17.4 Å².